The summed E-state index contributed by atoms with van der Waals surface area (Å²) in [6, 6.07) is 14.7. The number of nitrogens with one attached hydrogen (secondary N) is 2. The Kier molecular flexibility index (Phi) is 4.84. The second-order valence-corrected chi connectivity index (χ2v) is 5.05. The van der Waals surface area contributed by atoms with Gasteiger partial charge in [-0.25, -0.2) is 14.4 Å². The average Bonchev–Trinajstić information content (AvgIpc) is 2.64. The van der Waals surface area contributed by atoms with Crippen molar-refractivity contribution in [3.63, 3.8) is 0 Å². The Morgan fingerprint density at radius 3 is 2.52 bits per heavy atom. The molecule has 1 aromatic heterocycles. The third kappa shape index (κ3) is 3.89. The van der Waals surface area contributed by atoms with Crippen molar-refractivity contribution in [3.8, 4) is 5.75 Å². The van der Waals surface area contributed by atoms with Gasteiger partial charge in [0.05, 0.1) is 18.5 Å². The van der Waals surface area contributed by atoms with E-state index in [2.05, 4.69) is 20.6 Å². The third-order valence-electron chi connectivity index (χ3n) is 3.39. The van der Waals surface area contributed by atoms with E-state index in [-0.39, 0.29) is 11.4 Å². The minimum atomic E-state index is -0.427. The lowest BCUT2D eigenvalue weighted by Gasteiger charge is -2.10. The molecular weight excluding hydrogens is 323 g/mol. The number of anilines is 3. The lowest BCUT2D eigenvalue weighted by Crippen LogP contribution is -2.15. The molecule has 2 N–H and O–H groups in total. The zero-order valence-electron chi connectivity index (χ0n) is 13.4. The standard InChI is InChI=1S/C18H15FN4O2/c1-25-16-9-5-4-8-14(16)23-18(24)15-10-17(21-11-20-15)22-13-7-3-2-6-12(13)19/h2-11H,1H3,(H,23,24)(H,20,21,22). The molecule has 2 aromatic carbocycles. The molecule has 0 aliphatic heterocycles. The van der Waals surface area contributed by atoms with E-state index in [9.17, 15) is 9.18 Å². The molecule has 7 heteroatoms. The van der Waals surface area contributed by atoms with Gasteiger partial charge in [0.1, 0.15) is 29.4 Å². The molecule has 3 aromatic rings. The number of methoxy groups -OCH3 is 1. The minimum absolute atomic E-state index is 0.139. The molecule has 0 saturated carbocycles. The molecule has 0 saturated heterocycles. The molecular formula is C18H15FN4O2. The Morgan fingerprint density at radius 1 is 1.04 bits per heavy atom. The summed E-state index contributed by atoms with van der Waals surface area (Å²) in [7, 11) is 1.52. The lowest BCUT2D eigenvalue weighted by atomic mass is 10.2. The van der Waals surface area contributed by atoms with Gasteiger partial charge in [-0.05, 0) is 24.3 Å². The first-order valence-electron chi connectivity index (χ1n) is 7.45. The summed E-state index contributed by atoms with van der Waals surface area (Å²) in [5.74, 6) is 0.00417. The molecule has 0 atom stereocenters. The first kappa shape index (κ1) is 16.4. The van der Waals surface area contributed by atoms with Crippen LogP contribution in [-0.4, -0.2) is 23.0 Å². The van der Waals surface area contributed by atoms with E-state index < -0.39 is 11.7 Å². The van der Waals surface area contributed by atoms with Gasteiger partial charge in [-0.15, -0.1) is 0 Å². The van der Waals surface area contributed by atoms with Gasteiger partial charge >= 0.3 is 0 Å². The molecule has 0 fully saturated rings. The number of hydrogen-bond donors (Lipinski definition) is 2. The summed E-state index contributed by atoms with van der Waals surface area (Å²) in [5.41, 5.74) is 0.925. The van der Waals surface area contributed by atoms with Gasteiger partial charge in [-0.1, -0.05) is 24.3 Å². The maximum absolute atomic E-state index is 13.7. The van der Waals surface area contributed by atoms with Gasteiger partial charge < -0.3 is 15.4 Å². The molecule has 25 heavy (non-hydrogen) atoms. The SMILES string of the molecule is COc1ccccc1NC(=O)c1cc(Nc2ccccc2F)ncn1. The van der Waals surface area contributed by atoms with Gasteiger partial charge in [-0.3, -0.25) is 4.79 Å². The summed E-state index contributed by atoms with van der Waals surface area (Å²) in [6.45, 7) is 0. The first-order valence-corrected chi connectivity index (χ1v) is 7.45. The molecule has 6 nitrogen and oxygen atoms in total. The van der Waals surface area contributed by atoms with Crippen molar-refractivity contribution >= 4 is 23.1 Å². The number of aromatic nitrogens is 2. The van der Waals surface area contributed by atoms with Crippen LogP contribution in [0.3, 0.4) is 0 Å². The summed E-state index contributed by atoms with van der Waals surface area (Å²) in [5, 5.41) is 5.55. The molecule has 3 rings (SSSR count). The van der Waals surface area contributed by atoms with Crippen molar-refractivity contribution in [2.45, 2.75) is 0 Å². The largest absolute Gasteiger partial charge is 0.495 e. The Bertz CT molecular complexity index is 902. The van der Waals surface area contributed by atoms with Gasteiger partial charge in [-0.2, -0.15) is 0 Å². The molecule has 1 amide bonds. The summed E-state index contributed by atoms with van der Waals surface area (Å²) in [6.07, 6.45) is 1.24. The zero-order chi connectivity index (χ0) is 17.6. The molecule has 0 bridgehead atoms. The first-order chi connectivity index (χ1) is 12.2. The van der Waals surface area contributed by atoms with Crippen LogP contribution in [-0.2, 0) is 0 Å². The highest BCUT2D eigenvalue weighted by atomic mass is 19.1. The quantitative estimate of drug-likeness (QED) is 0.743. The Morgan fingerprint density at radius 2 is 1.76 bits per heavy atom. The van der Waals surface area contributed by atoms with E-state index in [0.717, 1.165) is 0 Å². The number of nitrogens with zero attached hydrogens (tertiary/aromatic N) is 2. The van der Waals surface area contributed by atoms with Gasteiger partial charge in [0.25, 0.3) is 5.91 Å². The maximum atomic E-state index is 13.7. The highest BCUT2D eigenvalue weighted by molar-refractivity contribution is 6.04. The topological polar surface area (TPSA) is 76.1 Å². The predicted octanol–water partition coefficient (Wildman–Crippen LogP) is 3.62. The molecule has 0 aliphatic carbocycles. The number of halogens is 1. The van der Waals surface area contributed by atoms with Gasteiger partial charge in [0, 0.05) is 6.07 Å². The molecule has 1 heterocycles. The molecule has 0 unspecified atom stereocenters. The Balaban J connectivity index is 1.79. The van der Waals surface area contributed by atoms with Crippen LogP contribution >= 0.6 is 0 Å². The Hall–Kier alpha value is -3.48. The predicted molar refractivity (Wildman–Crippen MR) is 92.7 cm³/mol. The molecule has 0 spiro atoms. The smallest absolute Gasteiger partial charge is 0.274 e. The van der Waals surface area contributed by atoms with Crippen LogP contribution in [0.5, 0.6) is 5.75 Å². The lowest BCUT2D eigenvalue weighted by molar-refractivity contribution is 0.102. The fourth-order valence-electron chi connectivity index (χ4n) is 2.18. The van der Waals surface area contributed by atoms with E-state index in [1.54, 1.807) is 42.5 Å². The number of para-hydroxylation sites is 3. The van der Waals surface area contributed by atoms with Crippen LogP contribution in [0.25, 0.3) is 0 Å². The summed E-state index contributed by atoms with van der Waals surface area (Å²) < 4.78 is 18.9. The summed E-state index contributed by atoms with van der Waals surface area (Å²) >= 11 is 0. The van der Waals surface area contributed by atoms with Crippen molar-refractivity contribution in [2.24, 2.45) is 0 Å². The van der Waals surface area contributed by atoms with Crippen LogP contribution in [0, 0.1) is 5.82 Å². The third-order valence-corrected chi connectivity index (χ3v) is 3.39. The Labute approximate surface area is 143 Å². The number of carbonyl (C=O) groups excluding carboxylic acids is 1. The van der Waals surface area contributed by atoms with Crippen LogP contribution in [0.2, 0.25) is 0 Å². The van der Waals surface area contributed by atoms with Crippen molar-refractivity contribution in [1.29, 1.82) is 0 Å². The fourth-order valence-corrected chi connectivity index (χ4v) is 2.18. The normalized spacial score (nSPS) is 10.2. The highest BCUT2D eigenvalue weighted by Gasteiger charge is 2.12. The highest BCUT2D eigenvalue weighted by Crippen LogP contribution is 2.24. The minimum Gasteiger partial charge on any atom is -0.495 e. The van der Waals surface area contributed by atoms with Crippen molar-refractivity contribution < 1.29 is 13.9 Å². The maximum Gasteiger partial charge on any atom is 0.274 e. The number of carbonyl (C=O) groups is 1. The second-order valence-electron chi connectivity index (χ2n) is 5.05. The van der Waals surface area contributed by atoms with Crippen LogP contribution < -0.4 is 15.4 Å². The van der Waals surface area contributed by atoms with E-state index in [1.165, 1.54) is 25.6 Å². The zero-order valence-corrected chi connectivity index (χ0v) is 13.4. The number of rotatable bonds is 5. The van der Waals surface area contributed by atoms with Crippen molar-refractivity contribution in [2.75, 3.05) is 17.7 Å². The number of benzene rings is 2. The monoisotopic (exact) mass is 338 g/mol. The molecule has 126 valence electrons. The van der Waals surface area contributed by atoms with Crippen molar-refractivity contribution in [1.82, 2.24) is 9.97 Å². The van der Waals surface area contributed by atoms with E-state index in [4.69, 9.17) is 4.74 Å². The second kappa shape index (κ2) is 7.39. The number of ether oxygens (including phenoxy) is 1. The van der Waals surface area contributed by atoms with Crippen LogP contribution in [0.15, 0.2) is 60.9 Å². The molecule has 0 radical (unpaired) electrons. The average molecular weight is 338 g/mol. The number of hydrogen-bond acceptors (Lipinski definition) is 5. The fraction of sp³-hybridized carbons (Fsp3) is 0.0556. The van der Waals surface area contributed by atoms with Gasteiger partial charge in [0.2, 0.25) is 0 Å². The number of amides is 1. The van der Waals surface area contributed by atoms with Crippen LogP contribution in [0.1, 0.15) is 10.5 Å². The van der Waals surface area contributed by atoms with E-state index in [1.807, 2.05) is 0 Å². The van der Waals surface area contributed by atoms with Crippen molar-refractivity contribution in [3.05, 3.63) is 72.4 Å². The van der Waals surface area contributed by atoms with Gasteiger partial charge in [0.15, 0.2) is 0 Å². The van der Waals surface area contributed by atoms with E-state index >= 15 is 0 Å². The van der Waals surface area contributed by atoms with Crippen LogP contribution in [0.4, 0.5) is 21.6 Å². The summed E-state index contributed by atoms with van der Waals surface area (Å²) in [4.78, 5) is 20.4. The molecule has 0 aliphatic rings. The van der Waals surface area contributed by atoms with E-state index in [0.29, 0.717) is 17.3 Å².